The van der Waals surface area contributed by atoms with Crippen LogP contribution < -0.4 is 4.90 Å². The summed E-state index contributed by atoms with van der Waals surface area (Å²) in [5.41, 5.74) is 2.23. The van der Waals surface area contributed by atoms with Gasteiger partial charge in [-0.25, -0.2) is 14.9 Å². The van der Waals surface area contributed by atoms with Crippen LogP contribution in [0.5, 0.6) is 0 Å². The van der Waals surface area contributed by atoms with E-state index in [0.717, 1.165) is 10.5 Å². The summed E-state index contributed by atoms with van der Waals surface area (Å²) in [5, 5.41) is 0. The fraction of sp³-hybridized carbons (Fsp3) is 0.294. The normalized spacial score (nSPS) is 21.5. The lowest BCUT2D eigenvalue weighted by atomic mass is 9.90. The van der Waals surface area contributed by atoms with Gasteiger partial charge in [0.2, 0.25) is 17.8 Å². The van der Waals surface area contributed by atoms with Gasteiger partial charge >= 0.3 is 0 Å². The highest BCUT2D eigenvalue weighted by molar-refractivity contribution is 6.21. The molecule has 0 aliphatic carbocycles. The van der Waals surface area contributed by atoms with Gasteiger partial charge in [0.15, 0.2) is 0 Å². The van der Waals surface area contributed by atoms with Crippen LogP contribution in [0.15, 0.2) is 42.7 Å². The third-order valence-electron chi connectivity index (χ3n) is 4.08. The van der Waals surface area contributed by atoms with Gasteiger partial charge in [-0.05, 0) is 25.0 Å². The Bertz CT molecular complexity index is 698. The minimum Gasteiger partial charge on any atom is -0.274 e. The molecule has 1 saturated heterocycles. The summed E-state index contributed by atoms with van der Waals surface area (Å²) >= 11 is 0. The third kappa shape index (κ3) is 2.50. The van der Waals surface area contributed by atoms with Gasteiger partial charge in [-0.15, -0.1) is 0 Å². The highest BCUT2D eigenvalue weighted by atomic mass is 16.2. The lowest BCUT2D eigenvalue weighted by Gasteiger charge is -2.12. The molecule has 2 amide bonds. The van der Waals surface area contributed by atoms with E-state index in [1.165, 1.54) is 18.0 Å². The minimum atomic E-state index is -0.363. The molecule has 2 aromatic rings. The van der Waals surface area contributed by atoms with E-state index in [-0.39, 0.29) is 29.6 Å². The van der Waals surface area contributed by atoms with Gasteiger partial charge in [0.25, 0.3) is 0 Å². The largest absolute Gasteiger partial charge is 0.274 e. The molecule has 1 fully saturated rings. The van der Waals surface area contributed by atoms with Crippen molar-refractivity contribution in [2.75, 3.05) is 4.90 Å². The zero-order chi connectivity index (χ0) is 15.7. The van der Waals surface area contributed by atoms with E-state index in [1.807, 2.05) is 31.2 Å². The maximum atomic E-state index is 12.6. The van der Waals surface area contributed by atoms with Crippen LogP contribution in [-0.2, 0) is 16.0 Å². The van der Waals surface area contributed by atoms with E-state index in [1.54, 1.807) is 13.0 Å². The second-order valence-electron chi connectivity index (χ2n) is 5.65. The van der Waals surface area contributed by atoms with Gasteiger partial charge in [-0.3, -0.25) is 9.59 Å². The van der Waals surface area contributed by atoms with Crippen molar-refractivity contribution >= 4 is 17.8 Å². The molecule has 0 N–H and O–H groups in total. The van der Waals surface area contributed by atoms with Crippen LogP contribution in [0.4, 0.5) is 5.95 Å². The van der Waals surface area contributed by atoms with Crippen molar-refractivity contribution < 1.29 is 9.59 Å². The number of aromatic nitrogens is 2. The van der Waals surface area contributed by atoms with Crippen molar-refractivity contribution in [3.63, 3.8) is 0 Å². The molecular weight excluding hydrogens is 278 g/mol. The first kappa shape index (κ1) is 14.4. The number of anilines is 1. The molecule has 0 spiro atoms. The standard InChI is InChI=1S/C17H17N3O2/c1-11-4-6-13(7-5-11)10-14-12(2)15(21)20(16(14)22)17-18-8-3-9-19-17/h3-9,12,14H,10H2,1-2H3/t12-,14-/m0/s1. The van der Waals surface area contributed by atoms with Crippen LogP contribution in [-0.4, -0.2) is 21.8 Å². The number of nitrogens with zero attached hydrogens (tertiary/aromatic N) is 3. The Labute approximate surface area is 129 Å². The molecule has 1 aliphatic rings. The average molecular weight is 295 g/mol. The first-order valence-electron chi connectivity index (χ1n) is 7.28. The number of amides is 2. The van der Waals surface area contributed by atoms with Gasteiger partial charge in [0.1, 0.15) is 0 Å². The van der Waals surface area contributed by atoms with E-state index < -0.39 is 0 Å². The van der Waals surface area contributed by atoms with E-state index in [4.69, 9.17) is 0 Å². The van der Waals surface area contributed by atoms with Gasteiger partial charge in [0.05, 0.1) is 5.92 Å². The van der Waals surface area contributed by atoms with Crippen LogP contribution in [0.25, 0.3) is 0 Å². The Balaban J connectivity index is 1.86. The molecule has 1 aromatic carbocycles. The zero-order valence-electron chi connectivity index (χ0n) is 12.6. The summed E-state index contributed by atoms with van der Waals surface area (Å²) in [5.74, 6) is -1.01. The highest BCUT2D eigenvalue weighted by Crippen LogP contribution is 2.31. The molecule has 2 heterocycles. The van der Waals surface area contributed by atoms with Gasteiger partial charge in [-0.2, -0.15) is 0 Å². The molecule has 1 aromatic heterocycles. The number of hydrogen-bond donors (Lipinski definition) is 0. The Morgan fingerprint density at radius 3 is 2.32 bits per heavy atom. The molecule has 2 atom stereocenters. The Morgan fingerprint density at radius 1 is 1.05 bits per heavy atom. The van der Waals surface area contributed by atoms with Crippen LogP contribution in [0.2, 0.25) is 0 Å². The third-order valence-corrected chi connectivity index (χ3v) is 4.08. The summed E-state index contributed by atoms with van der Waals surface area (Å²) in [6, 6.07) is 9.68. The second kappa shape index (κ2) is 5.67. The van der Waals surface area contributed by atoms with Crippen molar-refractivity contribution in [1.82, 2.24) is 9.97 Å². The molecule has 0 saturated carbocycles. The Kier molecular flexibility index (Phi) is 3.71. The Morgan fingerprint density at radius 2 is 1.68 bits per heavy atom. The van der Waals surface area contributed by atoms with Crippen molar-refractivity contribution in [3.8, 4) is 0 Å². The van der Waals surface area contributed by atoms with Crippen LogP contribution in [0.3, 0.4) is 0 Å². The summed E-state index contributed by atoms with van der Waals surface area (Å²) in [7, 11) is 0. The van der Waals surface area contributed by atoms with Crippen molar-refractivity contribution in [3.05, 3.63) is 53.9 Å². The number of imide groups is 1. The number of aryl methyl sites for hydroxylation is 1. The Hall–Kier alpha value is -2.56. The smallest absolute Gasteiger partial charge is 0.240 e. The summed E-state index contributed by atoms with van der Waals surface area (Å²) in [6.07, 6.45) is 3.61. The minimum absolute atomic E-state index is 0.163. The summed E-state index contributed by atoms with van der Waals surface area (Å²) in [6.45, 7) is 3.81. The molecule has 0 unspecified atom stereocenters. The highest BCUT2D eigenvalue weighted by Gasteiger charge is 2.46. The van der Waals surface area contributed by atoms with Crippen molar-refractivity contribution in [2.45, 2.75) is 20.3 Å². The lowest BCUT2D eigenvalue weighted by molar-refractivity contribution is -0.122. The first-order valence-corrected chi connectivity index (χ1v) is 7.28. The molecule has 3 rings (SSSR count). The lowest BCUT2D eigenvalue weighted by Crippen LogP contribution is -2.32. The zero-order valence-corrected chi connectivity index (χ0v) is 12.6. The summed E-state index contributed by atoms with van der Waals surface area (Å²) < 4.78 is 0. The molecule has 0 bridgehead atoms. The molecule has 22 heavy (non-hydrogen) atoms. The first-order chi connectivity index (χ1) is 10.6. The van der Waals surface area contributed by atoms with Gasteiger partial charge < -0.3 is 0 Å². The van der Waals surface area contributed by atoms with Crippen LogP contribution >= 0.6 is 0 Å². The monoisotopic (exact) mass is 295 g/mol. The van der Waals surface area contributed by atoms with E-state index >= 15 is 0 Å². The van der Waals surface area contributed by atoms with Gasteiger partial charge in [0, 0.05) is 18.3 Å². The molecule has 5 nitrogen and oxygen atoms in total. The summed E-state index contributed by atoms with van der Waals surface area (Å²) in [4.78, 5) is 34.2. The second-order valence-corrected chi connectivity index (χ2v) is 5.65. The number of benzene rings is 1. The molecule has 5 heteroatoms. The fourth-order valence-electron chi connectivity index (χ4n) is 2.71. The molecular formula is C17H17N3O2. The number of carbonyl (C=O) groups is 2. The number of rotatable bonds is 3. The topological polar surface area (TPSA) is 63.2 Å². The maximum absolute atomic E-state index is 12.6. The maximum Gasteiger partial charge on any atom is 0.240 e. The number of carbonyl (C=O) groups excluding carboxylic acids is 2. The molecule has 1 aliphatic heterocycles. The molecule has 0 radical (unpaired) electrons. The molecule has 112 valence electrons. The fourth-order valence-corrected chi connectivity index (χ4v) is 2.71. The van der Waals surface area contributed by atoms with Crippen LogP contribution in [0.1, 0.15) is 18.1 Å². The van der Waals surface area contributed by atoms with Crippen LogP contribution in [0, 0.1) is 18.8 Å². The van der Waals surface area contributed by atoms with E-state index in [0.29, 0.717) is 6.42 Å². The van der Waals surface area contributed by atoms with E-state index in [2.05, 4.69) is 9.97 Å². The average Bonchev–Trinajstić information content (AvgIpc) is 2.74. The van der Waals surface area contributed by atoms with E-state index in [9.17, 15) is 9.59 Å². The predicted octanol–water partition coefficient (Wildman–Crippen LogP) is 2.15. The number of hydrogen-bond acceptors (Lipinski definition) is 4. The SMILES string of the molecule is Cc1ccc(C[C@@H]2C(=O)N(c3ncccn3)C(=O)[C@H]2C)cc1. The quantitative estimate of drug-likeness (QED) is 0.814. The predicted molar refractivity (Wildman–Crippen MR) is 82.1 cm³/mol. The van der Waals surface area contributed by atoms with Crippen molar-refractivity contribution in [2.24, 2.45) is 11.8 Å². The van der Waals surface area contributed by atoms with Gasteiger partial charge in [-0.1, -0.05) is 36.8 Å². The van der Waals surface area contributed by atoms with Crippen molar-refractivity contribution in [1.29, 1.82) is 0 Å².